The van der Waals surface area contributed by atoms with Gasteiger partial charge < -0.3 is 15.4 Å². The minimum atomic E-state index is -2.89. The van der Waals surface area contributed by atoms with Crippen molar-refractivity contribution in [2.75, 3.05) is 31.5 Å². The van der Waals surface area contributed by atoms with Crippen molar-refractivity contribution in [1.29, 1.82) is 0 Å². The first kappa shape index (κ1) is 18.8. The molecule has 1 aromatic rings. The van der Waals surface area contributed by atoms with Crippen molar-refractivity contribution in [2.45, 2.75) is 20.5 Å². The predicted octanol–water partition coefficient (Wildman–Crippen LogP) is 1.68. The summed E-state index contributed by atoms with van der Waals surface area (Å²) in [6.07, 6.45) is 0. The predicted molar refractivity (Wildman–Crippen MR) is 82.5 cm³/mol. The molecule has 8 heteroatoms. The Balaban J connectivity index is 2.49. The van der Waals surface area contributed by atoms with Gasteiger partial charge in [0.1, 0.15) is 5.75 Å². The summed E-state index contributed by atoms with van der Waals surface area (Å²) in [5.41, 5.74) is 0.464. The molecule has 0 fully saturated rings. The zero-order valence-electron chi connectivity index (χ0n) is 13.1. The SMILES string of the molecule is CCNC(=O)CN(CC)CC(=O)Nc1ccc(OC(F)F)cc1. The van der Waals surface area contributed by atoms with Crippen LogP contribution in [0.15, 0.2) is 24.3 Å². The quantitative estimate of drug-likeness (QED) is 0.723. The van der Waals surface area contributed by atoms with Crippen molar-refractivity contribution in [3.8, 4) is 5.75 Å². The number of ether oxygens (including phenoxy) is 1. The fraction of sp³-hybridized carbons (Fsp3) is 0.467. The zero-order chi connectivity index (χ0) is 17.2. The number of nitrogens with one attached hydrogen (secondary N) is 2. The van der Waals surface area contributed by atoms with Gasteiger partial charge in [-0.15, -0.1) is 0 Å². The normalized spacial score (nSPS) is 10.7. The number of likely N-dealkylation sites (N-methyl/N-ethyl adjacent to an activating group) is 2. The van der Waals surface area contributed by atoms with Crippen molar-refractivity contribution in [2.24, 2.45) is 0 Å². The van der Waals surface area contributed by atoms with Gasteiger partial charge in [-0.1, -0.05) is 6.92 Å². The van der Waals surface area contributed by atoms with Gasteiger partial charge in [0.15, 0.2) is 0 Å². The average molecular weight is 329 g/mol. The van der Waals surface area contributed by atoms with E-state index in [9.17, 15) is 18.4 Å². The molecule has 0 spiro atoms. The molecule has 2 N–H and O–H groups in total. The lowest BCUT2D eigenvalue weighted by atomic mass is 10.3. The van der Waals surface area contributed by atoms with Crippen LogP contribution in [0.2, 0.25) is 0 Å². The minimum absolute atomic E-state index is 0.0180. The van der Waals surface area contributed by atoms with Gasteiger partial charge in [0, 0.05) is 12.2 Å². The number of hydrogen-bond donors (Lipinski definition) is 2. The number of anilines is 1. The summed E-state index contributed by atoms with van der Waals surface area (Å²) in [4.78, 5) is 25.2. The van der Waals surface area contributed by atoms with Crippen LogP contribution in [0.1, 0.15) is 13.8 Å². The maximum atomic E-state index is 12.0. The first-order chi connectivity index (χ1) is 10.9. The molecule has 128 valence electrons. The van der Waals surface area contributed by atoms with E-state index in [2.05, 4.69) is 15.4 Å². The largest absolute Gasteiger partial charge is 0.435 e. The number of benzene rings is 1. The number of carbonyl (C=O) groups excluding carboxylic acids is 2. The van der Waals surface area contributed by atoms with Gasteiger partial charge in [0.25, 0.3) is 0 Å². The molecular weight excluding hydrogens is 308 g/mol. The van der Waals surface area contributed by atoms with E-state index >= 15 is 0 Å². The summed E-state index contributed by atoms with van der Waals surface area (Å²) in [5.74, 6) is -0.418. The zero-order valence-corrected chi connectivity index (χ0v) is 13.1. The summed E-state index contributed by atoms with van der Waals surface area (Å²) in [6, 6.07) is 5.62. The Morgan fingerprint density at radius 2 is 1.74 bits per heavy atom. The molecule has 0 atom stereocenters. The fourth-order valence-electron chi connectivity index (χ4n) is 1.86. The lowest BCUT2D eigenvalue weighted by Gasteiger charge is -2.19. The van der Waals surface area contributed by atoms with Gasteiger partial charge in [0.05, 0.1) is 13.1 Å². The van der Waals surface area contributed by atoms with E-state index in [0.717, 1.165) is 0 Å². The molecule has 2 amide bonds. The van der Waals surface area contributed by atoms with Crippen LogP contribution in [-0.4, -0.2) is 49.5 Å². The number of halogens is 2. The van der Waals surface area contributed by atoms with Crippen LogP contribution in [0.5, 0.6) is 5.75 Å². The molecule has 1 rings (SSSR count). The first-order valence-electron chi connectivity index (χ1n) is 7.28. The smallest absolute Gasteiger partial charge is 0.387 e. The van der Waals surface area contributed by atoms with Crippen molar-refractivity contribution >= 4 is 17.5 Å². The molecule has 6 nitrogen and oxygen atoms in total. The van der Waals surface area contributed by atoms with Crippen LogP contribution >= 0.6 is 0 Å². The summed E-state index contributed by atoms with van der Waals surface area (Å²) in [5, 5.41) is 5.30. The molecule has 0 aromatic heterocycles. The van der Waals surface area contributed by atoms with E-state index in [1.807, 2.05) is 13.8 Å². The monoisotopic (exact) mass is 329 g/mol. The van der Waals surface area contributed by atoms with E-state index in [1.165, 1.54) is 24.3 Å². The van der Waals surface area contributed by atoms with E-state index in [1.54, 1.807) is 4.90 Å². The second-order valence-electron chi connectivity index (χ2n) is 4.71. The highest BCUT2D eigenvalue weighted by atomic mass is 19.3. The highest BCUT2D eigenvalue weighted by Gasteiger charge is 2.13. The summed E-state index contributed by atoms with van der Waals surface area (Å²) >= 11 is 0. The summed E-state index contributed by atoms with van der Waals surface area (Å²) in [7, 11) is 0. The minimum Gasteiger partial charge on any atom is -0.435 e. The van der Waals surface area contributed by atoms with Gasteiger partial charge in [-0.25, -0.2) is 0 Å². The number of amides is 2. The second kappa shape index (κ2) is 9.73. The molecule has 0 aliphatic heterocycles. The maximum Gasteiger partial charge on any atom is 0.387 e. The van der Waals surface area contributed by atoms with E-state index in [4.69, 9.17) is 0 Å². The fourth-order valence-corrected chi connectivity index (χ4v) is 1.86. The number of rotatable bonds is 9. The molecule has 0 heterocycles. The molecular formula is C15H21F2N3O3. The maximum absolute atomic E-state index is 12.0. The molecule has 0 aliphatic rings. The highest BCUT2D eigenvalue weighted by Crippen LogP contribution is 2.17. The van der Waals surface area contributed by atoms with Crippen molar-refractivity contribution in [1.82, 2.24) is 10.2 Å². The average Bonchev–Trinajstić information content (AvgIpc) is 2.48. The van der Waals surface area contributed by atoms with Gasteiger partial charge in [-0.05, 0) is 37.7 Å². The summed E-state index contributed by atoms with van der Waals surface area (Å²) in [6.45, 7) is 2.07. The van der Waals surface area contributed by atoms with E-state index < -0.39 is 6.61 Å². The van der Waals surface area contributed by atoms with E-state index in [0.29, 0.717) is 18.8 Å². The molecule has 0 saturated carbocycles. The number of hydrogen-bond acceptors (Lipinski definition) is 4. The van der Waals surface area contributed by atoms with Crippen LogP contribution < -0.4 is 15.4 Å². The Hall–Kier alpha value is -2.22. The van der Waals surface area contributed by atoms with E-state index in [-0.39, 0.29) is 30.7 Å². The molecule has 0 unspecified atom stereocenters. The number of nitrogens with zero attached hydrogens (tertiary/aromatic N) is 1. The third-order valence-corrected chi connectivity index (χ3v) is 2.92. The molecule has 0 aliphatic carbocycles. The molecule has 0 radical (unpaired) electrons. The third-order valence-electron chi connectivity index (χ3n) is 2.92. The van der Waals surface area contributed by atoms with Crippen LogP contribution in [0.25, 0.3) is 0 Å². The Bertz CT molecular complexity index is 509. The van der Waals surface area contributed by atoms with Crippen molar-refractivity contribution < 1.29 is 23.1 Å². The Kier molecular flexibility index (Phi) is 7.96. The number of carbonyl (C=O) groups is 2. The van der Waals surface area contributed by atoms with Crippen LogP contribution in [0.4, 0.5) is 14.5 Å². The highest BCUT2D eigenvalue weighted by molar-refractivity contribution is 5.92. The lowest BCUT2D eigenvalue weighted by molar-refractivity contribution is -0.123. The van der Waals surface area contributed by atoms with Crippen LogP contribution in [0.3, 0.4) is 0 Å². The van der Waals surface area contributed by atoms with Crippen molar-refractivity contribution in [3.63, 3.8) is 0 Å². The van der Waals surface area contributed by atoms with Crippen LogP contribution in [0, 0.1) is 0 Å². The van der Waals surface area contributed by atoms with Gasteiger partial charge >= 0.3 is 6.61 Å². The Morgan fingerprint density at radius 3 is 2.26 bits per heavy atom. The number of alkyl halides is 2. The second-order valence-corrected chi connectivity index (χ2v) is 4.71. The first-order valence-corrected chi connectivity index (χ1v) is 7.28. The van der Waals surface area contributed by atoms with Crippen LogP contribution in [-0.2, 0) is 9.59 Å². The molecule has 0 bridgehead atoms. The Labute approximate surface area is 133 Å². The Morgan fingerprint density at radius 1 is 1.13 bits per heavy atom. The molecule has 1 aromatic carbocycles. The van der Waals surface area contributed by atoms with Crippen molar-refractivity contribution in [3.05, 3.63) is 24.3 Å². The lowest BCUT2D eigenvalue weighted by Crippen LogP contribution is -2.40. The van der Waals surface area contributed by atoms with Gasteiger partial charge in [-0.3, -0.25) is 14.5 Å². The summed E-state index contributed by atoms with van der Waals surface area (Å²) < 4.78 is 28.3. The topological polar surface area (TPSA) is 70.7 Å². The third kappa shape index (κ3) is 7.55. The molecule has 0 saturated heterocycles. The van der Waals surface area contributed by atoms with Gasteiger partial charge in [0.2, 0.25) is 11.8 Å². The van der Waals surface area contributed by atoms with Gasteiger partial charge in [-0.2, -0.15) is 8.78 Å². The molecule has 23 heavy (non-hydrogen) atoms. The standard InChI is InChI=1S/C15H21F2N3O3/c1-3-18-13(21)9-20(4-2)10-14(22)19-11-5-7-12(8-6-11)23-15(16)17/h5-8,15H,3-4,9-10H2,1-2H3,(H,18,21)(H,19,22).